The molecule has 0 aromatic carbocycles. The topological polar surface area (TPSA) is 82.3 Å². The second-order valence-corrected chi connectivity index (χ2v) is 3.60. The number of rotatable bonds is 4. The molecule has 1 rings (SSSR count). The first kappa shape index (κ1) is 12.6. The van der Waals surface area contributed by atoms with E-state index in [9.17, 15) is 14.9 Å². The van der Waals surface area contributed by atoms with Crippen LogP contribution in [0.15, 0.2) is 16.7 Å². The van der Waals surface area contributed by atoms with Gasteiger partial charge in [-0.2, -0.15) is 0 Å². The smallest absolute Gasteiger partial charge is 0.311 e. The van der Waals surface area contributed by atoms with Crippen LogP contribution < -0.4 is 0 Å². The summed E-state index contributed by atoms with van der Waals surface area (Å²) >= 11 is 2.97. The van der Waals surface area contributed by atoms with E-state index < -0.39 is 10.9 Å². The molecule has 0 saturated carbocycles. The van der Waals surface area contributed by atoms with Crippen molar-refractivity contribution >= 4 is 27.6 Å². The number of nitro groups is 1. The predicted octanol–water partition coefficient (Wildman–Crippen LogP) is 1.86. The Morgan fingerprint density at radius 3 is 2.81 bits per heavy atom. The van der Waals surface area contributed by atoms with Gasteiger partial charge in [0.05, 0.1) is 23.6 Å². The third kappa shape index (κ3) is 3.27. The molecule has 0 aliphatic rings. The largest absolute Gasteiger partial charge is 0.466 e. The Kier molecular flexibility index (Phi) is 4.36. The average Bonchev–Trinajstić information content (AvgIpc) is 2.17. The van der Waals surface area contributed by atoms with Crippen molar-refractivity contribution in [3.63, 3.8) is 0 Å². The van der Waals surface area contributed by atoms with Gasteiger partial charge in [0.15, 0.2) is 4.60 Å². The number of carbonyl (C=O) groups is 1. The van der Waals surface area contributed by atoms with Crippen molar-refractivity contribution in [2.45, 2.75) is 13.3 Å². The van der Waals surface area contributed by atoms with Crippen LogP contribution >= 0.6 is 15.9 Å². The zero-order chi connectivity index (χ0) is 12.1. The van der Waals surface area contributed by atoms with E-state index in [-0.39, 0.29) is 16.7 Å². The van der Waals surface area contributed by atoms with Crippen molar-refractivity contribution in [2.75, 3.05) is 6.61 Å². The van der Waals surface area contributed by atoms with Crippen LogP contribution in [-0.4, -0.2) is 22.5 Å². The molecule has 0 radical (unpaired) electrons. The van der Waals surface area contributed by atoms with Gasteiger partial charge in [-0.05, 0) is 28.9 Å². The molecule has 0 aliphatic heterocycles. The molecule has 1 aromatic heterocycles. The van der Waals surface area contributed by atoms with Gasteiger partial charge >= 0.3 is 11.7 Å². The number of ether oxygens (including phenoxy) is 1. The van der Waals surface area contributed by atoms with Crippen LogP contribution in [0.25, 0.3) is 0 Å². The second kappa shape index (κ2) is 5.55. The molecule has 16 heavy (non-hydrogen) atoms. The number of pyridine rings is 1. The number of hydrogen-bond donors (Lipinski definition) is 0. The summed E-state index contributed by atoms with van der Waals surface area (Å²) in [5, 5.41) is 10.5. The van der Waals surface area contributed by atoms with Crippen LogP contribution in [0.4, 0.5) is 5.69 Å². The highest BCUT2D eigenvalue weighted by Gasteiger charge is 2.14. The summed E-state index contributed by atoms with van der Waals surface area (Å²) in [6.45, 7) is 2.00. The van der Waals surface area contributed by atoms with E-state index >= 15 is 0 Å². The van der Waals surface area contributed by atoms with E-state index in [1.807, 2.05) is 0 Å². The maximum atomic E-state index is 11.1. The number of nitrogens with zero attached hydrogens (tertiary/aromatic N) is 2. The highest BCUT2D eigenvalue weighted by molar-refractivity contribution is 9.10. The summed E-state index contributed by atoms with van der Waals surface area (Å²) in [6, 6.07) is 2.73. The maximum Gasteiger partial charge on any atom is 0.311 e. The fourth-order valence-corrected chi connectivity index (χ4v) is 1.56. The minimum Gasteiger partial charge on any atom is -0.466 e. The first-order valence-electron chi connectivity index (χ1n) is 4.50. The van der Waals surface area contributed by atoms with Gasteiger partial charge in [0.2, 0.25) is 0 Å². The Bertz CT molecular complexity index is 422. The minimum absolute atomic E-state index is 0.00440. The molecule has 0 bridgehead atoms. The van der Waals surface area contributed by atoms with E-state index in [4.69, 9.17) is 4.74 Å². The number of carbonyl (C=O) groups excluding carboxylic acids is 1. The Labute approximate surface area is 99.9 Å². The SMILES string of the molecule is CCOC(=O)Cc1ccc([N+](=O)[O-])c(Br)n1. The van der Waals surface area contributed by atoms with Crippen molar-refractivity contribution in [1.82, 2.24) is 4.98 Å². The number of esters is 1. The van der Waals surface area contributed by atoms with Crippen LogP contribution in [-0.2, 0) is 16.0 Å². The van der Waals surface area contributed by atoms with Gasteiger partial charge in [-0.25, -0.2) is 4.98 Å². The molecule has 0 N–H and O–H groups in total. The van der Waals surface area contributed by atoms with Gasteiger partial charge in [-0.1, -0.05) is 0 Å². The molecular weight excluding hydrogens is 280 g/mol. The van der Waals surface area contributed by atoms with E-state index in [1.54, 1.807) is 6.92 Å². The van der Waals surface area contributed by atoms with Crippen molar-refractivity contribution in [3.8, 4) is 0 Å². The monoisotopic (exact) mass is 288 g/mol. The maximum absolute atomic E-state index is 11.1. The van der Waals surface area contributed by atoms with Crippen LogP contribution in [0.5, 0.6) is 0 Å². The molecule has 0 atom stereocenters. The standard InChI is InChI=1S/C9H9BrN2O4/c1-2-16-8(13)5-6-3-4-7(12(14)15)9(10)11-6/h3-4H,2,5H2,1H3. The molecule has 1 aromatic rings. The summed E-state index contributed by atoms with van der Waals surface area (Å²) in [4.78, 5) is 25.0. The highest BCUT2D eigenvalue weighted by Crippen LogP contribution is 2.22. The van der Waals surface area contributed by atoms with E-state index in [0.29, 0.717) is 12.3 Å². The molecule has 0 aliphatic carbocycles. The molecule has 6 nitrogen and oxygen atoms in total. The number of aromatic nitrogens is 1. The summed E-state index contributed by atoms with van der Waals surface area (Å²) < 4.78 is 4.85. The van der Waals surface area contributed by atoms with E-state index in [2.05, 4.69) is 20.9 Å². The van der Waals surface area contributed by atoms with Crippen molar-refractivity contribution in [2.24, 2.45) is 0 Å². The Hall–Kier alpha value is -1.50. The fraction of sp³-hybridized carbons (Fsp3) is 0.333. The first-order valence-corrected chi connectivity index (χ1v) is 5.29. The number of halogens is 1. The van der Waals surface area contributed by atoms with E-state index in [0.717, 1.165) is 0 Å². The molecule has 0 amide bonds. The van der Waals surface area contributed by atoms with E-state index in [1.165, 1.54) is 12.1 Å². The zero-order valence-corrected chi connectivity index (χ0v) is 10.1. The van der Waals surface area contributed by atoms with Crippen LogP contribution in [0.1, 0.15) is 12.6 Å². The lowest BCUT2D eigenvalue weighted by Crippen LogP contribution is -2.09. The normalized spacial score (nSPS) is 9.88. The molecule has 0 unspecified atom stereocenters. The van der Waals surface area contributed by atoms with Gasteiger partial charge in [-0.15, -0.1) is 0 Å². The summed E-state index contributed by atoms with van der Waals surface area (Å²) in [6.07, 6.45) is 0.00440. The van der Waals surface area contributed by atoms with Crippen molar-refractivity contribution < 1.29 is 14.5 Å². The summed E-state index contributed by atoms with van der Waals surface area (Å²) in [7, 11) is 0. The second-order valence-electron chi connectivity index (χ2n) is 2.85. The van der Waals surface area contributed by atoms with Crippen molar-refractivity contribution in [3.05, 3.63) is 32.5 Å². The lowest BCUT2D eigenvalue weighted by Gasteiger charge is -2.02. The Morgan fingerprint density at radius 2 is 2.31 bits per heavy atom. The van der Waals surface area contributed by atoms with Gasteiger partial charge < -0.3 is 4.74 Å². The van der Waals surface area contributed by atoms with Crippen LogP contribution in [0.3, 0.4) is 0 Å². The third-order valence-corrected chi connectivity index (χ3v) is 2.30. The van der Waals surface area contributed by atoms with Crippen LogP contribution in [0.2, 0.25) is 0 Å². The molecule has 0 saturated heterocycles. The third-order valence-electron chi connectivity index (χ3n) is 1.71. The predicted molar refractivity (Wildman–Crippen MR) is 58.9 cm³/mol. The van der Waals surface area contributed by atoms with Crippen LogP contribution in [0, 0.1) is 10.1 Å². The molecule has 86 valence electrons. The average molecular weight is 289 g/mol. The fourth-order valence-electron chi connectivity index (χ4n) is 1.06. The zero-order valence-electron chi connectivity index (χ0n) is 8.47. The summed E-state index contributed by atoms with van der Waals surface area (Å²) in [5.41, 5.74) is 0.295. The van der Waals surface area contributed by atoms with Gasteiger partial charge in [-0.3, -0.25) is 14.9 Å². The molecule has 0 fully saturated rings. The molecule has 7 heteroatoms. The minimum atomic E-state index is -0.550. The first-order chi connectivity index (χ1) is 7.54. The molecule has 1 heterocycles. The summed E-state index contributed by atoms with van der Waals surface area (Å²) in [5.74, 6) is -0.407. The number of hydrogen-bond acceptors (Lipinski definition) is 5. The molecule has 0 spiro atoms. The van der Waals surface area contributed by atoms with Gasteiger partial charge in [0, 0.05) is 6.07 Å². The highest BCUT2D eigenvalue weighted by atomic mass is 79.9. The van der Waals surface area contributed by atoms with Gasteiger partial charge in [0.1, 0.15) is 0 Å². The quantitative estimate of drug-likeness (QED) is 0.365. The Balaban J connectivity index is 2.81. The lowest BCUT2D eigenvalue weighted by atomic mass is 10.2. The molecular formula is C9H9BrN2O4. The van der Waals surface area contributed by atoms with Gasteiger partial charge in [0.25, 0.3) is 0 Å². The Morgan fingerprint density at radius 1 is 1.62 bits per heavy atom. The lowest BCUT2D eigenvalue weighted by molar-refractivity contribution is -0.386. The van der Waals surface area contributed by atoms with Crippen molar-refractivity contribution in [1.29, 1.82) is 0 Å².